The second-order valence-corrected chi connectivity index (χ2v) is 8.94. The van der Waals surface area contributed by atoms with Crippen LogP contribution in [0.3, 0.4) is 0 Å². The zero-order valence-corrected chi connectivity index (χ0v) is 14.3. The number of nitrogens with zero attached hydrogens (tertiary/aromatic N) is 1. The number of hydrogen-bond donors (Lipinski definition) is 2. The molecule has 2 N–H and O–H groups in total. The van der Waals surface area contributed by atoms with Crippen molar-refractivity contribution in [3.8, 4) is 0 Å². The van der Waals surface area contributed by atoms with Crippen LogP contribution in [0.25, 0.3) is 0 Å². The molecule has 0 aliphatic carbocycles. The van der Waals surface area contributed by atoms with Crippen LogP contribution in [0.15, 0.2) is 17.2 Å². The van der Waals surface area contributed by atoms with Gasteiger partial charge in [-0.3, -0.25) is 0 Å². The van der Waals surface area contributed by atoms with Gasteiger partial charge in [0.25, 0.3) is 0 Å². The molecule has 1 saturated heterocycles. The Balaban J connectivity index is 2.12. The van der Waals surface area contributed by atoms with Crippen LogP contribution in [0.2, 0.25) is 0 Å². The normalized spacial score (nSPS) is 20.0. The maximum Gasteiger partial charge on any atom is 0.244 e. The molecular weight excluding hydrogens is 286 g/mol. The lowest BCUT2D eigenvalue weighted by Crippen LogP contribution is -2.43. The second-order valence-electron chi connectivity index (χ2n) is 7.00. The number of hydrogen-bond acceptors (Lipinski definition) is 3. The van der Waals surface area contributed by atoms with Gasteiger partial charge in [-0.15, -0.1) is 0 Å². The highest BCUT2D eigenvalue weighted by atomic mass is 32.2. The molecule has 0 spiro atoms. The Morgan fingerprint density at radius 2 is 2.14 bits per heavy atom. The van der Waals surface area contributed by atoms with Crippen LogP contribution in [0, 0.1) is 5.41 Å². The van der Waals surface area contributed by atoms with E-state index in [0.29, 0.717) is 30.6 Å². The van der Waals surface area contributed by atoms with Crippen molar-refractivity contribution in [3.63, 3.8) is 0 Å². The van der Waals surface area contributed by atoms with Gasteiger partial charge in [0, 0.05) is 37.6 Å². The van der Waals surface area contributed by atoms with E-state index in [1.54, 1.807) is 16.6 Å². The maximum atomic E-state index is 12.7. The minimum atomic E-state index is -3.38. The predicted octanol–water partition coefficient (Wildman–Crippen LogP) is 2.32. The summed E-state index contributed by atoms with van der Waals surface area (Å²) in [7, 11) is -3.38. The summed E-state index contributed by atoms with van der Waals surface area (Å²) in [4.78, 5) is 3.43. The summed E-state index contributed by atoms with van der Waals surface area (Å²) >= 11 is 0. The zero-order chi connectivity index (χ0) is 15.7. The van der Waals surface area contributed by atoms with Gasteiger partial charge in [0.1, 0.15) is 0 Å². The largest absolute Gasteiger partial charge is 0.363 e. The summed E-state index contributed by atoms with van der Waals surface area (Å²) in [6.07, 6.45) is 3.61. The lowest BCUT2D eigenvalue weighted by molar-refractivity contribution is 0.187. The summed E-state index contributed by atoms with van der Waals surface area (Å²) in [5, 5.41) is 3.28. The highest BCUT2D eigenvalue weighted by Gasteiger charge is 2.34. The summed E-state index contributed by atoms with van der Waals surface area (Å²) in [5.74, 6) is 0. The van der Waals surface area contributed by atoms with Gasteiger partial charge in [-0.2, -0.15) is 4.31 Å². The molecule has 2 heterocycles. The Hall–Kier alpha value is -0.850. The third-order valence-electron chi connectivity index (χ3n) is 3.92. The SMILES string of the molecule is CC(C)NCc1cc(S(=O)(=O)N2CCCC(C)(C)C2)c[nH]1. The summed E-state index contributed by atoms with van der Waals surface area (Å²) < 4.78 is 27.0. The molecule has 1 aliphatic rings. The number of sulfonamides is 1. The van der Waals surface area contributed by atoms with Crippen LogP contribution >= 0.6 is 0 Å². The highest BCUT2D eigenvalue weighted by molar-refractivity contribution is 7.89. The Morgan fingerprint density at radius 1 is 1.43 bits per heavy atom. The number of aromatic amines is 1. The number of piperidine rings is 1. The summed E-state index contributed by atoms with van der Waals surface area (Å²) in [6.45, 7) is 10.3. The molecule has 1 aromatic rings. The van der Waals surface area contributed by atoms with Crippen molar-refractivity contribution in [1.82, 2.24) is 14.6 Å². The van der Waals surface area contributed by atoms with Crippen molar-refractivity contribution in [2.45, 2.75) is 58.0 Å². The molecule has 0 atom stereocenters. The maximum absolute atomic E-state index is 12.7. The highest BCUT2D eigenvalue weighted by Crippen LogP contribution is 2.31. The first kappa shape index (κ1) is 16.5. The van der Waals surface area contributed by atoms with Crippen LogP contribution in [0.4, 0.5) is 0 Å². The fourth-order valence-electron chi connectivity index (χ4n) is 2.71. The molecule has 6 heteroatoms. The van der Waals surface area contributed by atoms with E-state index in [0.717, 1.165) is 18.5 Å². The van der Waals surface area contributed by atoms with Gasteiger partial charge in [-0.05, 0) is 24.3 Å². The fraction of sp³-hybridized carbons (Fsp3) is 0.733. The molecule has 0 bridgehead atoms. The summed E-state index contributed by atoms with van der Waals surface area (Å²) in [6, 6.07) is 2.11. The predicted molar refractivity (Wildman–Crippen MR) is 84.5 cm³/mol. The van der Waals surface area contributed by atoms with E-state index in [2.05, 4.69) is 38.0 Å². The third-order valence-corrected chi connectivity index (χ3v) is 5.74. The molecule has 1 aromatic heterocycles. The van der Waals surface area contributed by atoms with Crippen molar-refractivity contribution in [3.05, 3.63) is 18.0 Å². The van der Waals surface area contributed by atoms with Crippen molar-refractivity contribution >= 4 is 10.0 Å². The fourth-order valence-corrected chi connectivity index (χ4v) is 4.39. The Kier molecular flexibility index (Phi) is 4.80. The quantitative estimate of drug-likeness (QED) is 0.877. The van der Waals surface area contributed by atoms with E-state index in [1.165, 1.54) is 0 Å². The first-order valence-electron chi connectivity index (χ1n) is 7.61. The van der Waals surface area contributed by atoms with E-state index in [4.69, 9.17) is 0 Å². The monoisotopic (exact) mass is 313 g/mol. The van der Waals surface area contributed by atoms with Crippen LogP contribution in [-0.2, 0) is 16.6 Å². The van der Waals surface area contributed by atoms with E-state index >= 15 is 0 Å². The van der Waals surface area contributed by atoms with Crippen molar-refractivity contribution in [2.75, 3.05) is 13.1 Å². The standard InChI is InChI=1S/C15H27N3O2S/c1-12(2)16-9-13-8-14(10-17-13)21(19,20)18-7-5-6-15(3,4)11-18/h8,10,12,16-17H,5-7,9,11H2,1-4H3. The first-order chi connectivity index (χ1) is 9.71. The van der Waals surface area contributed by atoms with Gasteiger partial charge < -0.3 is 10.3 Å². The van der Waals surface area contributed by atoms with Gasteiger partial charge in [0.2, 0.25) is 10.0 Å². The Morgan fingerprint density at radius 3 is 2.76 bits per heavy atom. The second kappa shape index (κ2) is 6.10. The molecule has 0 amide bonds. The van der Waals surface area contributed by atoms with E-state index in [1.807, 2.05) is 0 Å². The molecule has 120 valence electrons. The smallest absolute Gasteiger partial charge is 0.244 e. The van der Waals surface area contributed by atoms with E-state index < -0.39 is 10.0 Å². The molecule has 1 aliphatic heterocycles. The minimum absolute atomic E-state index is 0.0592. The first-order valence-corrected chi connectivity index (χ1v) is 9.05. The molecule has 1 fully saturated rings. The van der Waals surface area contributed by atoms with E-state index in [9.17, 15) is 8.42 Å². The van der Waals surface area contributed by atoms with Gasteiger partial charge in [-0.1, -0.05) is 27.7 Å². The zero-order valence-electron chi connectivity index (χ0n) is 13.4. The van der Waals surface area contributed by atoms with Crippen LogP contribution in [0.5, 0.6) is 0 Å². The van der Waals surface area contributed by atoms with Gasteiger partial charge in [-0.25, -0.2) is 8.42 Å². The number of aromatic nitrogens is 1. The van der Waals surface area contributed by atoms with Crippen LogP contribution in [-0.4, -0.2) is 36.8 Å². The van der Waals surface area contributed by atoms with E-state index in [-0.39, 0.29) is 5.41 Å². The number of nitrogens with one attached hydrogen (secondary N) is 2. The average molecular weight is 313 g/mol. The Labute approximate surface area is 128 Å². The van der Waals surface area contributed by atoms with Gasteiger partial charge >= 0.3 is 0 Å². The molecule has 0 saturated carbocycles. The van der Waals surface area contributed by atoms with Crippen molar-refractivity contribution in [2.24, 2.45) is 5.41 Å². The molecule has 0 radical (unpaired) electrons. The van der Waals surface area contributed by atoms with Crippen LogP contribution in [0.1, 0.15) is 46.2 Å². The topological polar surface area (TPSA) is 65.2 Å². The number of H-pyrrole nitrogens is 1. The lowest BCUT2D eigenvalue weighted by atomic mass is 9.85. The summed E-state index contributed by atoms with van der Waals surface area (Å²) in [5.41, 5.74) is 0.961. The van der Waals surface area contributed by atoms with Gasteiger partial charge in [0.15, 0.2) is 0 Å². The molecule has 5 nitrogen and oxygen atoms in total. The minimum Gasteiger partial charge on any atom is -0.363 e. The molecule has 0 aromatic carbocycles. The lowest BCUT2D eigenvalue weighted by Gasteiger charge is -2.36. The molecular formula is C15H27N3O2S. The number of rotatable bonds is 5. The molecule has 0 unspecified atom stereocenters. The molecule has 21 heavy (non-hydrogen) atoms. The Bertz CT molecular complexity index is 575. The third kappa shape index (κ3) is 4.08. The average Bonchev–Trinajstić information content (AvgIpc) is 2.84. The van der Waals surface area contributed by atoms with Crippen LogP contribution < -0.4 is 5.32 Å². The van der Waals surface area contributed by atoms with Gasteiger partial charge in [0.05, 0.1) is 4.90 Å². The molecule has 2 rings (SSSR count). The van der Waals surface area contributed by atoms with Crippen molar-refractivity contribution in [1.29, 1.82) is 0 Å². The van der Waals surface area contributed by atoms with Crippen molar-refractivity contribution < 1.29 is 8.42 Å².